The van der Waals surface area contributed by atoms with Crippen LogP contribution < -0.4 is 10.6 Å². The summed E-state index contributed by atoms with van der Waals surface area (Å²) in [6, 6.07) is 1.69. The summed E-state index contributed by atoms with van der Waals surface area (Å²) >= 11 is 6.31. The van der Waals surface area contributed by atoms with Gasteiger partial charge in [-0.15, -0.1) is 0 Å². The number of nitrogens with two attached hydrogens (primary N) is 1. The lowest BCUT2D eigenvalue weighted by Crippen LogP contribution is -2.34. The smallest absolute Gasteiger partial charge is 0.148 e. The zero-order valence-corrected chi connectivity index (χ0v) is 12.1. The summed E-state index contributed by atoms with van der Waals surface area (Å²) in [5.41, 5.74) is 6.10. The number of piperidine rings is 1. The summed E-state index contributed by atoms with van der Waals surface area (Å²) in [6.07, 6.45) is 6.62. The Morgan fingerprint density at radius 2 is 2.21 bits per heavy atom. The quantitative estimate of drug-likeness (QED) is 0.658. The minimum absolute atomic E-state index is 0.00508. The van der Waals surface area contributed by atoms with Gasteiger partial charge in [-0.1, -0.05) is 31.4 Å². The highest BCUT2D eigenvalue weighted by atomic mass is 35.5. The van der Waals surface area contributed by atoms with Gasteiger partial charge in [-0.2, -0.15) is 0 Å². The van der Waals surface area contributed by atoms with Crippen molar-refractivity contribution < 1.29 is 0 Å². The van der Waals surface area contributed by atoms with Crippen LogP contribution in [0.15, 0.2) is 12.3 Å². The number of nitrogen functional groups attached to an aromatic ring is 1. The molecule has 1 aliphatic rings. The fourth-order valence-electron chi connectivity index (χ4n) is 2.70. The number of nitrogens with zero attached hydrogens (tertiary/aromatic N) is 2. The van der Waals surface area contributed by atoms with Crippen molar-refractivity contribution in [3.8, 4) is 0 Å². The van der Waals surface area contributed by atoms with E-state index in [4.69, 9.17) is 22.7 Å². The molecule has 0 aliphatic carbocycles. The summed E-state index contributed by atoms with van der Waals surface area (Å²) in [6.45, 7) is 4.21. The zero-order valence-electron chi connectivity index (χ0n) is 11.3. The number of pyridine rings is 1. The van der Waals surface area contributed by atoms with E-state index in [2.05, 4.69) is 16.8 Å². The van der Waals surface area contributed by atoms with Crippen molar-refractivity contribution in [3.63, 3.8) is 0 Å². The molecule has 0 atom stereocenters. The maximum Gasteiger partial charge on any atom is 0.148 e. The first-order valence-electron chi connectivity index (χ1n) is 6.87. The van der Waals surface area contributed by atoms with Crippen molar-refractivity contribution in [2.24, 2.45) is 11.7 Å². The largest absolute Gasteiger partial charge is 0.384 e. The van der Waals surface area contributed by atoms with Crippen molar-refractivity contribution >= 4 is 23.3 Å². The van der Waals surface area contributed by atoms with E-state index in [1.807, 2.05) is 0 Å². The van der Waals surface area contributed by atoms with Gasteiger partial charge in [0, 0.05) is 24.8 Å². The van der Waals surface area contributed by atoms with E-state index in [1.54, 1.807) is 12.3 Å². The Hall–Kier alpha value is -1.29. The van der Waals surface area contributed by atoms with Crippen molar-refractivity contribution in [2.45, 2.75) is 32.6 Å². The Morgan fingerprint density at radius 3 is 2.79 bits per heavy atom. The van der Waals surface area contributed by atoms with E-state index in [1.165, 1.54) is 25.7 Å². The van der Waals surface area contributed by atoms with Gasteiger partial charge in [0.15, 0.2) is 0 Å². The molecular formula is C14H21ClN4. The van der Waals surface area contributed by atoms with Crippen LogP contribution in [0.25, 0.3) is 0 Å². The Morgan fingerprint density at radius 1 is 1.53 bits per heavy atom. The van der Waals surface area contributed by atoms with E-state index in [-0.39, 0.29) is 5.84 Å². The number of amidine groups is 1. The number of hydrogen-bond donors (Lipinski definition) is 2. The van der Waals surface area contributed by atoms with Crippen LogP contribution in [0.3, 0.4) is 0 Å². The molecule has 0 amide bonds. The molecule has 1 aliphatic heterocycles. The molecule has 0 aromatic carbocycles. The Bertz CT molecular complexity index is 453. The van der Waals surface area contributed by atoms with Crippen LogP contribution in [0.4, 0.5) is 5.82 Å². The second-order valence-electron chi connectivity index (χ2n) is 5.13. The standard InChI is InChI=1S/C14H21ClN4/c1-2-3-10-5-8-19(9-6-10)14-12(15)11(13(16)17)4-7-18-14/h4,7,10H,2-3,5-6,8-9H2,1H3,(H3,16,17). The van der Waals surface area contributed by atoms with Gasteiger partial charge >= 0.3 is 0 Å². The number of aromatic nitrogens is 1. The molecule has 1 aromatic rings. The van der Waals surface area contributed by atoms with E-state index < -0.39 is 0 Å². The summed E-state index contributed by atoms with van der Waals surface area (Å²) in [5, 5.41) is 8.02. The molecule has 1 aromatic heterocycles. The van der Waals surface area contributed by atoms with Gasteiger partial charge in [-0.25, -0.2) is 4.98 Å². The molecule has 4 nitrogen and oxygen atoms in total. The SMILES string of the molecule is CCCC1CCN(c2nccc(C(=N)N)c2Cl)CC1. The molecule has 1 saturated heterocycles. The summed E-state index contributed by atoms with van der Waals surface area (Å²) < 4.78 is 0. The predicted molar refractivity (Wildman–Crippen MR) is 80.1 cm³/mol. The van der Waals surface area contributed by atoms with Gasteiger partial charge in [0.25, 0.3) is 0 Å². The highest BCUT2D eigenvalue weighted by molar-refractivity contribution is 6.36. The molecule has 3 N–H and O–H groups in total. The van der Waals surface area contributed by atoms with Crippen LogP contribution in [0, 0.1) is 11.3 Å². The van der Waals surface area contributed by atoms with Crippen LogP contribution in [0.1, 0.15) is 38.2 Å². The zero-order chi connectivity index (χ0) is 13.8. The Kier molecular flexibility index (Phi) is 4.64. The van der Waals surface area contributed by atoms with Crippen LogP contribution in [0.5, 0.6) is 0 Å². The van der Waals surface area contributed by atoms with E-state index in [0.717, 1.165) is 24.8 Å². The van der Waals surface area contributed by atoms with Gasteiger partial charge in [0.05, 0.1) is 5.02 Å². The molecular weight excluding hydrogens is 260 g/mol. The molecule has 2 heterocycles. The molecule has 0 spiro atoms. The average Bonchev–Trinajstić information content (AvgIpc) is 2.40. The first-order valence-corrected chi connectivity index (χ1v) is 7.25. The maximum atomic E-state index is 7.52. The highest BCUT2D eigenvalue weighted by Crippen LogP contribution is 2.31. The first-order chi connectivity index (χ1) is 9.13. The molecule has 0 unspecified atom stereocenters. The fraction of sp³-hybridized carbons (Fsp3) is 0.571. The molecule has 2 rings (SSSR count). The number of nitrogens with one attached hydrogen (secondary N) is 1. The third-order valence-corrected chi connectivity index (χ3v) is 4.14. The van der Waals surface area contributed by atoms with Crippen LogP contribution in [-0.4, -0.2) is 23.9 Å². The second-order valence-corrected chi connectivity index (χ2v) is 5.51. The lowest BCUT2D eigenvalue weighted by Gasteiger charge is -2.33. The van der Waals surface area contributed by atoms with Gasteiger partial charge in [0.1, 0.15) is 11.7 Å². The second kappa shape index (κ2) is 6.24. The van der Waals surface area contributed by atoms with Crippen molar-refractivity contribution in [2.75, 3.05) is 18.0 Å². The molecule has 0 bridgehead atoms. The van der Waals surface area contributed by atoms with Crippen molar-refractivity contribution in [3.05, 3.63) is 22.8 Å². The molecule has 1 fully saturated rings. The van der Waals surface area contributed by atoms with Gasteiger partial charge in [-0.3, -0.25) is 5.41 Å². The molecule has 0 radical (unpaired) electrons. The van der Waals surface area contributed by atoms with Crippen molar-refractivity contribution in [1.29, 1.82) is 5.41 Å². The van der Waals surface area contributed by atoms with E-state index in [9.17, 15) is 0 Å². The first kappa shape index (κ1) is 14.1. The van der Waals surface area contributed by atoms with Crippen molar-refractivity contribution in [1.82, 2.24) is 4.98 Å². The number of hydrogen-bond acceptors (Lipinski definition) is 3. The number of rotatable bonds is 4. The minimum Gasteiger partial charge on any atom is -0.384 e. The number of halogens is 1. The number of anilines is 1. The van der Waals surface area contributed by atoms with E-state index >= 15 is 0 Å². The average molecular weight is 281 g/mol. The highest BCUT2D eigenvalue weighted by Gasteiger charge is 2.22. The summed E-state index contributed by atoms with van der Waals surface area (Å²) in [4.78, 5) is 6.57. The summed E-state index contributed by atoms with van der Waals surface area (Å²) in [5.74, 6) is 1.59. The van der Waals surface area contributed by atoms with Crippen LogP contribution in [-0.2, 0) is 0 Å². The fourth-order valence-corrected chi connectivity index (χ4v) is 3.04. The monoisotopic (exact) mass is 280 g/mol. The molecule has 104 valence electrons. The lowest BCUT2D eigenvalue weighted by atomic mass is 9.92. The minimum atomic E-state index is -0.00508. The lowest BCUT2D eigenvalue weighted by molar-refractivity contribution is 0.377. The van der Waals surface area contributed by atoms with Gasteiger partial charge in [0.2, 0.25) is 0 Å². The van der Waals surface area contributed by atoms with Crippen LogP contribution in [0.2, 0.25) is 5.02 Å². The molecule has 0 saturated carbocycles. The predicted octanol–water partition coefficient (Wildman–Crippen LogP) is 3.04. The Balaban J connectivity index is 2.11. The van der Waals surface area contributed by atoms with Crippen LogP contribution >= 0.6 is 11.6 Å². The topological polar surface area (TPSA) is 66.0 Å². The van der Waals surface area contributed by atoms with Gasteiger partial charge < -0.3 is 10.6 Å². The third-order valence-electron chi connectivity index (χ3n) is 3.77. The van der Waals surface area contributed by atoms with E-state index in [0.29, 0.717) is 10.6 Å². The molecule has 5 heteroatoms. The third kappa shape index (κ3) is 3.18. The molecule has 19 heavy (non-hydrogen) atoms. The Labute approximate surface area is 119 Å². The maximum absolute atomic E-state index is 7.52. The van der Waals surface area contributed by atoms with Gasteiger partial charge in [-0.05, 0) is 24.8 Å². The summed E-state index contributed by atoms with van der Waals surface area (Å²) in [7, 11) is 0. The normalized spacial score (nSPS) is 16.6.